The Morgan fingerprint density at radius 3 is 2.86 bits per heavy atom. The number of nitrogens with two attached hydrogens (primary N) is 1. The minimum absolute atomic E-state index is 0.205. The summed E-state index contributed by atoms with van der Waals surface area (Å²) in [6, 6.07) is 5.25. The van der Waals surface area contributed by atoms with Gasteiger partial charge in [0.1, 0.15) is 5.58 Å². The summed E-state index contributed by atoms with van der Waals surface area (Å²) < 4.78 is 5.66. The molecule has 2 heterocycles. The van der Waals surface area contributed by atoms with Crippen molar-refractivity contribution in [3.8, 4) is 0 Å². The van der Waals surface area contributed by atoms with Gasteiger partial charge in [-0.05, 0) is 31.5 Å². The summed E-state index contributed by atoms with van der Waals surface area (Å²) in [6.45, 7) is 2.70. The van der Waals surface area contributed by atoms with E-state index in [2.05, 4.69) is 0 Å². The molecule has 2 aromatic rings. The number of furan rings is 1. The van der Waals surface area contributed by atoms with E-state index >= 15 is 0 Å². The van der Waals surface area contributed by atoms with Gasteiger partial charge in [0.2, 0.25) is 5.91 Å². The molecule has 1 aliphatic heterocycles. The van der Waals surface area contributed by atoms with E-state index in [1.165, 1.54) is 0 Å². The summed E-state index contributed by atoms with van der Waals surface area (Å²) in [5, 5.41) is 1.43. The number of carbonyl (C=O) groups excluding carboxylic acids is 2. The van der Waals surface area contributed by atoms with Gasteiger partial charge in [0.05, 0.1) is 5.92 Å². The van der Waals surface area contributed by atoms with Crippen LogP contribution in [0.4, 0.5) is 0 Å². The summed E-state index contributed by atoms with van der Waals surface area (Å²) in [5.41, 5.74) is 6.69. The average molecular weight is 307 g/mol. The fourth-order valence-corrected chi connectivity index (χ4v) is 2.89. The smallest absolute Gasteiger partial charge is 0.289 e. The van der Waals surface area contributed by atoms with Crippen molar-refractivity contribution >= 4 is 34.4 Å². The van der Waals surface area contributed by atoms with Crippen molar-refractivity contribution in [3.05, 3.63) is 34.5 Å². The van der Waals surface area contributed by atoms with Crippen LogP contribution in [0, 0.1) is 12.8 Å². The maximum absolute atomic E-state index is 12.5. The number of carbonyl (C=O) groups is 2. The van der Waals surface area contributed by atoms with Crippen molar-refractivity contribution in [3.63, 3.8) is 0 Å². The van der Waals surface area contributed by atoms with Crippen LogP contribution in [0.3, 0.4) is 0 Å². The number of aryl methyl sites for hydroxylation is 1. The van der Waals surface area contributed by atoms with Crippen molar-refractivity contribution in [2.24, 2.45) is 11.7 Å². The quantitative estimate of drug-likeness (QED) is 0.925. The van der Waals surface area contributed by atoms with Crippen molar-refractivity contribution in [2.75, 3.05) is 13.1 Å². The fourth-order valence-electron chi connectivity index (χ4n) is 2.72. The maximum atomic E-state index is 12.5. The molecule has 1 aromatic heterocycles. The van der Waals surface area contributed by atoms with E-state index in [0.717, 1.165) is 10.9 Å². The van der Waals surface area contributed by atoms with Gasteiger partial charge in [-0.15, -0.1) is 0 Å². The Bertz CT molecular complexity index is 738. The molecule has 6 heteroatoms. The Kier molecular flexibility index (Phi) is 3.37. The molecule has 0 saturated carbocycles. The molecule has 110 valence electrons. The normalized spacial score (nSPS) is 18.4. The van der Waals surface area contributed by atoms with Gasteiger partial charge in [-0.3, -0.25) is 9.59 Å². The van der Waals surface area contributed by atoms with E-state index in [1.807, 2.05) is 6.92 Å². The van der Waals surface area contributed by atoms with Crippen LogP contribution in [0.25, 0.3) is 11.0 Å². The Morgan fingerprint density at radius 2 is 2.19 bits per heavy atom. The zero-order chi connectivity index (χ0) is 15.1. The molecule has 1 atom stereocenters. The molecule has 2 amide bonds. The summed E-state index contributed by atoms with van der Waals surface area (Å²) in [5.74, 6) is -0.535. The standard InChI is InChI=1S/C15H15ClN2O3/c1-8-11-6-10(16)2-3-12(11)21-13(8)15(20)18-5-4-9(7-18)14(17)19/h2-3,6,9H,4-5,7H2,1H3,(H2,17,19)/t9-/m0/s1. The molecule has 0 spiro atoms. The SMILES string of the molecule is Cc1c(C(=O)N2CC[C@H](C(N)=O)C2)oc2ccc(Cl)cc12. The van der Waals surface area contributed by atoms with E-state index in [9.17, 15) is 9.59 Å². The third-order valence-corrected chi connectivity index (χ3v) is 4.21. The number of rotatable bonds is 2. The molecule has 1 aromatic carbocycles. The summed E-state index contributed by atoms with van der Waals surface area (Å²) in [4.78, 5) is 25.3. The number of nitrogens with zero attached hydrogens (tertiary/aromatic N) is 1. The molecule has 0 bridgehead atoms. The molecule has 21 heavy (non-hydrogen) atoms. The number of fused-ring (bicyclic) bond motifs is 1. The number of amides is 2. The van der Waals surface area contributed by atoms with Crippen LogP contribution < -0.4 is 5.73 Å². The zero-order valence-electron chi connectivity index (χ0n) is 11.6. The second-order valence-electron chi connectivity index (χ2n) is 5.34. The third-order valence-electron chi connectivity index (χ3n) is 3.97. The first-order valence-electron chi connectivity index (χ1n) is 6.74. The molecule has 3 rings (SSSR count). The topological polar surface area (TPSA) is 76.5 Å². The third kappa shape index (κ3) is 2.38. The second-order valence-corrected chi connectivity index (χ2v) is 5.77. The Hall–Kier alpha value is -2.01. The molecule has 0 unspecified atom stereocenters. The van der Waals surface area contributed by atoms with Crippen molar-refractivity contribution in [1.82, 2.24) is 4.90 Å². The highest BCUT2D eigenvalue weighted by Crippen LogP contribution is 2.29. The fraction of sp³-hybridized carbons (Fsp3) is 0.333. The highest BCUT2D eigenvalue weighted by molar-refractivity contribution is 6.31. The van der Waals surface area contributed by atoms with E-state index in [1.54, 1.807) is 23.1 Å². The van der Waals surface area contributed by atoms with Crippen LogP contribution in [0.1, 0.15) is 22.5 Å². The highest BCUT2D eigenvalue weighted by Gasteiger charge is 2.32. The van der Waals surface area contributed by atoms with E-state index in [0.29, 0.717) is 35.9 Å². The minimum atomic E-state index is -0.363. The highest BCUT2D eigenvalue weighted by atomic mass is 35.5. The van der Waals surface area contributed by atoms with Gasteiger partial charge in [0, 0.05) is 29.1 Å². The first kappa shape index (κ1) is 13.9. The number of benzene rings is 1. The van der Waals surface area contributed by atoms with Gasteiger partial charge in [-0.2, -0.15) is 0 Å². The lowest BCUT2D eigenvalue weighted by atomic mass is 10.1. The summed E-state index contributed by atoms with van der Waals surface area (Å²) >= 11 is 5.97. The largest absolute Gasteiger partial charge is 0.451 e. The van der Waals surface area contributed by atoms with Crippen LogP contribution in [-0.2, 0) is 4.79 Å². The molecule has 1 saturated heterocycles. The Labute approximate surface area is 126 Å². The monoisotopic (exact) mass is 306 g/mol. The van der Waals surface area contributed by atoms with E-state index in [4.69, 9.17) is 21.8 Å². The first-order chi connectivity index (χ1) is 9.97. The van der Waals surface area contributed by atoms with Crippen molar-refractivity contribution < 1.29 is 14.0 Å². The molecule has 0 radical (unpaired) electrons. The maximum Gasteiger partial charge on any atom is 0.289 e. The molecule has 0 aliphatic carbocycles. The van der Waals surface area contributed by atoms with Crippen molar-refractivity contribution in [2.45, 2.75) is 13.3 Å². The van der Waals surface area contributed by atoms with Crippen molar-refractivity contribution in [1.29, 1.82) is 0 Å². The predicted molar refractivity (Wildman–Crippen MR) is 79.2 cm³/mol. The predicted octanol–water partition coefficient (Wildman–Crippen LogP) is 2.34. The van der Waals surface area contributed by atoms with Crippen LogP contribution >= 0.6 is 11.6 Å². The van der Waals surface area contributed by atoms with Gasteiger partial charge in [0.25, 0.3) is 5.91 Å². The zero-order valence-corrected chi connectivity index (χ0v) is 12.3. The van der Waals surface area contributed by atoms with E-state index < -0.39 is 0 Å². The first-order valence-corrected chi connectivity index (χ1v) is 7.12. The second kappa shape index (κ2) is 5.07. The number of hydrogen-bond acceptors (Lipinski definition) is 3. The van der Waals surface area contributed by atoms with Crippen LogP contribution in [0.15, 0.2) is 22.6 Å². The minimum Gasteiger partial charge on any atom is -0.451 e. The van der Waals surface area contributed by atoms with Crippen LogP contribution in [0.2, 0.25) is 5.02 Å². The number of likely N-dealkylation sites (tertiary alicyclic amines) is 1. The molecule has 2 N–H and O–H groups in total. The molecular weight excluding hydrogens is 292 g/mol. The van der Waals surface area contributed by atoms with Gasteiger partial charge in [-0.1, -0.05) is 11.6 Å². The lowest BCUT2D eigenvalue weighted by Crippen LogP contribution is -2.31. The van der Waals surface area contributed by atoms with Gasteiger partial charge < -0.3 is 15.1 Å². The molecule has 5 nitrogen and oxygen atoms in total. The average Bonchev–Trinajstić information content (AvgIpc) is 3.04. The number of hydrogen-bond donors (Lipinski definition) is 1. The summed E-state index contributed by atoms with van der Waals surface area (Å²) in [6.07, 6.45) is 0.603. The van der Waals surface area contributed by atoms with Gasteiger partial charge in [0.15, 0.2) is 5.76 Å². The van der Waals surface area contributed by atoms with Gasteiger partial charge >= 0.3 is 0 Å². The van der Waals surface area contributed by atoms with Crippen LogP contribution in [-0.4, -0.2) is 29.8 Å². The van der Waals surface area contributed by atoms with Crippen LogP contribution in [0.5, 0.6) is 0 Å². The lowest BCUT2D eigenvalue weighted by Gasteiger charge is -2.14. The summed E-state index contributed by atoms with van der Waals surface area (Å²) in [7, 11) is 0. The Balaban J connectivity index is 1.92. The lowest BCUT2D eigenvalue weighted by molar-refractivity contribution is -0.121. The molecular formula is C15H15ClN2O3. The molecule has 1 fully saturated rings. The number of halogens is 1. The Morgan fingerprint density at radius 1 is 1.43 bits per heavy atom. The van der Waals surface area contributed by atoms with E-state index in [-0.39, 0.29) is 17.7 Å². The molecule has 1 aliphatic rings. The van der Waals surface area contributed by atoms with Gasteiger partial charge in [-0.25, -0.2) is 0 Å². The number of primary amides is 1.